The minimum absolute atomic E-state index is 0.0842. The molecule has 27 heavy (non-hydrogen) atoms. The van der Waals surface area contributed by atoms with E-state index in [1.807, 2.05) is 6.07 Å². The molecule has 2 amide bonds. The highest BCUT2D eigenvalue weighted by Gasteiger charge is 2.36. The first kappa shape index (κ1) is 17.0. The Morgan fingerprint density at radius 3 is 2.85 bits per heavy atom. The first-order chi connectivity index (χ1) is 13.0. The summed E-state index contributed by atoms with van der Waals surface area (Å²) in [6, 6.07) is 7.27. The molecule has 2 aliphatic rings. The van der Waals surface area contributed by atoms with Crippen molar-refractivity contribution in [3.05, 3.63) is 35.1 Å². The molecule has 2 aliphatic heterocycles. The Hall–Kier alpha value is -3.47. The fraction of sp³-hybridized carbons (Fsp3) is 0.316. The number of nitrogens with zero attached hydrogens (tertiary/aromatic N) is 2. The molecule has 8 nitrogen and oxygen atoms in total. The third kappa shape index (κ3) is 2.87. The van der Waals surface area contributed by atoms with Crippen molar-refractivity contribution in [1.82, 2.24) is 0 Å². The van der Waals surface area contributed by atoms with Crippen LogP contribution >= 0.6 is 0 Å². The van der Waals surface area contributed by atoms with Crippen molar-refractivity contribution in [1.29, 1.82) is 5.26 Å². The normalized spacial score (nSPS) is 17.9. The highest BCUT2D eigenvalue weighted by molar-refractivity contribution is 6.03. The number of benzene rings is 1. The molecule has 2 aromatic rings. The van der Waals surface area contributed by atoms with Crippen LogP contribution in [0.15, 0.2) is 22.6 Å². The van der Waals surface area contributed by atoms with Crippen molar-refractivity contribution in [2.45, 2.75) is 20.3 Å². The number of hydrogen-bond donors (Lipinski definition) is 1. The first-order valence-corrected chi connectivity index (χ1v) is 8.49. The molecule has 1 N–H and O–H groups in total. The summed E-state index contributed by atoms with van der Waals surface area (Å²) in [5.41, 5.74) is 1.65. The third-order valence-electron chi connectivity index (χ3n) is 4.90. The summed E-state index contributed by atoms with van der Waals surface area (Å²) in [5.74, 6) is 0.872. The minimum atomic E-state index is -0.542. The van der Waals surface area contributed by atoms with Crippen LogP contribution in [0.1, 0.15) is 23.3 Å². The van der Waals surface area contributed by atoms with Crippen LogP contribution in [0.5, 0.6) is 11.5 Å². The quantitative estimate of drug-likeness (QED) is 0.894. The van der Waals surface area contributed by atoms with E-state index >= 15 is 0 Å². The summed E-state index contributed by atoms with van der Waals surface area (Å²) in [6.07, 6.45) is 0.0842. The number of nitriles is 1. The van der Waals surface area contributed by atoms with Gasteiger partial charge in [-0.15, -0.1) is 0 Å². The zero-order chi connectivity index (χ0) is 19.1. The van der Waals surface area contributed by atoms with Crippen molar-refractivity contribution < 1.29 is 23.5 Å². The van der Waals surface area contributed by atoms with Crippen LogP contribution in [-0.4, -0.2) is 25.2 Å². The predicted molar refractivity (Wildman–Crippen MR) is 94.6 cm³/mol. The van der Waals surface area contributed by atoms with Crippen molar-refractivity contribution >= 4 is 23.4 Å². The molecule has 3 heterocycles. The molecule has 4 rings (SSSR count). The van der Waals surface area contributed by atoms with E-state index in [1.165, 1.54) is 0 Å². The average molecular weight is 367 g/mol. The van der Waals surface area contributed by atoms with Gasteiger partial charge in [0, 0.05) is 30.3 Å². The second-order valence-corrected chi connectivity index (χ2v) is 6.53. The van der Waals surface area contributed by atoms with Crippen LogP contribution in [0.25, 0.3) is 0 Å². The zero-order valence-electron chi connectivity index (χ0n) is 14.9. The Kier molecular flexibility index (Phi) is 4.00. The van der Waals surface area contributed by atoms with Crippen molar-refractivity contribution in [3.63, 3.8) is 0 Å². The van der Waals surface area contributed by atoms with E-state index in [9.17, 15) is 14.9 Å². The highest BCUT2D eigenvalue weighted by atomic mass is 16.7. The number of amides is 2. The molecule has 1 atom stereocenters. The molecule has 0 spiro atoms. The number of nitrogens with one attached hydrogen (secondary N) is 1. The fourth-order valence-electron chi connectivity index (χ4n) is 3.25. The van der Waals surface area contributed by atoms with Gasteiger partial charge in [-0.05, 0) is 26.0 Å². The Morgan fingerprint density at radius 1 is 1.30 bits per heavy atom. The lowest BCUT2D eigenvalue weighted by Crippen LogP contribution is -2.28. The lowest BCUT2D eigenvalue weighted by atomic mass is 10.1. The number of anilines is 2. The molecule has 0 aliphatic carbocycles. The van der Waals surface area contributed by atoms with E-state index < -0.39 is 5.92 Å². The SMILES string of the molecule is Cc1oc(NC(=O)C2CC(=O)N(c3ccc4c(c3)OCO4)C2)c(C#N)c1C. The Labute approximate surface area is 155 Å². The number of carbonyl (C=O) groups is 2. The van der Waals surface area contributed by atoms with Crippen LogP contribution < -0.4 is 19.7 Å². The second kappa shape index (κ2) is 6.36. The Balaban J connectivity index is 1.50. The number of carbonyl (C=O) groups excluding carboxylic acids is 2. The summed E-state index contributed by atoms with van der Waals surface area (Å²) in [4.78, 5) is 26.6. The molecular formula is C19H17N3O5. The van der Waals surface area contributed by atoms with Gasteiger partial charge in [0.15, 0.2) is 11.5 Å². The monoisotopic (exact) mass is 367 g/mol. The van der Waals surface area contributed by atoms with Gasteiger partial charge < -0.3 is 18.8 Å². The van der Waals surface area contributed by atoms with E-state index in [0.29, 0.717) is 34.1 Å². The molecule has 0 radical (unpaired) electrons. The lowest BCUT2D eigenvalue weighted by Gasteiger charge is -2.17. The molecular weight excluding hydrogens is 350 g/mol. The fourth-order valence-corrected chi connectivity index (χ4v) is 3.25. The van der Waals surface area contributed by atoms with E-state index in [2.05, 4.69) is 5.32 Å². The van der Waals surface area contributed by atoms with Crippen LogP contribution in [0.4, 0.5) is 11.6 Å². The Bertz CT molecular complexity index is 988. The van der Waals surface area contributed by atoms with Gasteiger partial charge in [-0.1, -0.05) is 0 Å². The third-order valence-corrected chi connectivity index (χ3v) is 4.90. The van der Waals surface area contributed by atoms with Crippen LogP contribution in [0.2, 0.25) is 0 Å². The first-order valence-electron chi connectivity index (χ1n) is 8.49. The summed E-state index contributed by atoms with van der Waals surface area (Å²) >= 11 is 0. The van der Waals surface area contributed by atoms with E-state index in [4.69, 9.17) is 13.9 Å². The van der Waals surface area contributed by atoms with Crippen LogP contribution in [0.3, 0.4) is 0 Å². The maximum absolute atomic E-state index is 12.6. The average Bonchev–Trinajstić information content (AvgIpc) is 3.33. The molecule has 8 heteroatoms. The maximum atomic E-state index is 12.6. The van der Waals surface area contributed by atoms with Crippen LogP contribution in [-0.2, 0) is 9.59 Å². The van der Waals surface area contributed by atoms with Gasteiger partial charge in [0.25, 0.3) is 0 Å². The zero-order valence-corrected chi connectivity index (χ0v) is 14.9. The van der Waals surface area contributed by atoms with Crippen molar-refractivity contribution in [2.24, 2.45) is 5.92 Å². The van der Waals surface area contributed by atoms with Gasteiger partial charge in [-0.3, -0.25) is 14.9 Å². The van der Waals surface area contributed by atoms with Crippen molar-refractivity contribution in [2.75, 3.05) is 23.6 Å². The summed E-state index contributed by atoms with van der Waals surface area (Å²) < 4.78 is 16.1. The number of fused-ring (bicyclic) bond motifs is 1. The summed E-state index contributed by atoms with van der Waals surface area (Å²) in [7, 11) is 0. The second-order valence-electron chi connectivity index (χ2n) is 6.53. The summed E-state index contributed by atoms with van der Waals surface area (Å²) in [6.45, 7) is 3.88. The minimum Gasteiger partial charge on any atom is -0.454 e. The number of hydrogen-bond acceptors (Lipinski definition) is 6. The predicted octanol–water partition coefficient (Wildman–Crippen LogP) is 2.49. The van der Waals surface area contributed by atoms with Gasteiger partial charge in [0.05, 0.1) is 5.92 Å². The van der Waals surface area contributed by atoms with Gasteiger partial charge in [0.1, 0.15) is 17.4 Å². The molecule has 1 saturated heterocycles. The van der Waals surface area contributed by atoms with Gasteiger partial charge in [-0.2, -0.15) is 5.26 Å². The van der Waals surface area contributed by atoms with E-state index in [0.717, 1.165) is 0 Å². The van der Waals surface area contributed by atoms with Gasteiger partial charge >= 0.3 is 0 Å². The topological polar surface area (TPSA) is 105 Å². The molecule has 1 unspecified atom stereocenters. The van der Waals surface area contributed by atoms with Gasteiger partial charge in [-0.25, -0.2) is 0 Å². The maximum Gasteiger partial charge on any atom is 0.232 e. The molecule has 1 fully saturated rings. The lowest BCUT2D eigenvalue weighted by molar-refractivity contribution is -0.122. The standard InChI is InChI=1S/C19H17N3O5/c1-10-11(2)27-19(14(10)7-20)21-18(24)12-5-17(23)22(8-12)13-3-4-15-16(6-13)26-9-25-15/h3-4,6,12H,5,8-9H2,1-2H3,(H,21,24). The van der Waals surface area contributed by atoms with E-state index in [-0.39, 0.29) is 37.5 Å². The smallest absolute Gasteiger partial charge is 0.232 e. The molecule has 138 valence electrons. The number of ether oxygens (including phenoxy) is 2. The molecule has 0 bridgehead atoms. The Morgan fingerprint density at radius 2 is 2.07 bits per heavy atom. The molecule has 1 aromatic carbocycles. The van der Waals surface area contributed by atoms with E-state index in [1.54, 1.807) is 36.9 Å². The van der Waals surface area contributed by atoms with Crippen LogP contribution in [0, 0.1) is 31.1 Å². The van der Waals surface area contributed by atoms with Crippen molar-refractivity contribution in [3.8, 4) is 17.6 Å². The summed E-state index contributed by atoms with van der Waals surface area (Å²) in [5, 5.41) is 11.9. The molecule has 1 aromatic heterocycles. The largest absolute Gasteiger partial charge is 0.454 e. The number of aryl methyl sites for hydroxylation is 1. The highest BCUT2D eigenvalue weighted by Crippen LogP contribution is 2.37. The molecule has 0 saturated carbocycles. The number of rotatable bonds is 3. The number of furan rings is 1. The van der Waals surface area contributed by atoms with Gasteiger partial charge in [0.2, 0.25) is 24.5 Å².